The van der Waals surface area contributed by atoms with Crippen molar-refractivity contribution in [3.63, 3.8) is 0 Å². The smallest absolute Gasteiger partial charge is 0.253 e. The average molecular weight is 508 g/mol. The maximum atomic E-state index is 12.8. The van der Waals surface area contributed by atoms with Gasteiger partial charge in [-0.25, -0.2) is 9.97 Å². The maximum absolute atomic E-state index is 12.8. The number of aromatic amines is 2. The van der Waals surface area contributed by atoms with E-state index < -0.39 is 5.56 Å². The number of amides is 1. The largest absolute Gasteiger partial charge is 0.324 e. The summed E-state index contributed by atoms with van der Waals surface area (Å²) in [7, 11) is 0. The molecule has 0 bridgehead atoms. The van der Waals surface area contributed by atoms with Crippen LogP contribution >= 0.6 is 11.6 Å². The van der Waals surface area contributed by atoms with Gasteiger partial charge in [0.25, 0.3) is 5.56 Å². The first-order valence-corrected chi connectivity index (χ1v) is 11.8. The molecule has 4 aromatic heterocycles. The summed E-state index contributed by atoms with van der Waals surface area (Å²) in [6, 6.07) is 18.3. The number of nitrogens with zero attached hydrogens (tertiary/aromatic N) is 4. The fourth-order valence-electron chi connectivity index (χ4n) is 4.15. The molecule has 6 rings (SSSR count). The number of aromatic nitrogens is 6. The van der Waals surface area contributed by atoms with Crippen molar-refractivity contribution >= 4 is 45.3 Å². The van der Waals surface area contributed by atoms with Crippen LogP contribution in [-0.4, -0.2) is 36.0 Å². The van der Waals surface area contributed by atoms with Gasteiger partial charge in [0.2, 0.25) is 5.91 Å². The average Bonchev–Trinajstić information content (AvgIpc) is 3.39. The number of fused-ring (bicyclic) bond motifs is 2. The fraction of sp³-hybridized carbons (Fsp3) is 0.0370. The molecule has 3 N–H and O–H groups in total. The number of carbonyl (C=O) groups excluding carboxylic acids is 1. The zero-order valence-electron chi connectivity index (χ0n) is 19.2. The summed E-state index contributed by atoms with van der Waals surface area (Å²) >= 11 is 6.52. The SMILES string of the molecule is O=C(Cc1cc2nc(-c3cc(Cl)c4[nH]ncc4c3)c(-c3ccccc3)nc2[nH]c1=O)Nc1cccnc1. The number of H-pyrrole nitrogens is 2. The molecule has 0 saturated carbocycles. The van der Waals surface area contributed by atoms with Gasteiger partial charge < -0.3 is 10.3 Å². The maximum Gasteiger partial charge on any atom is 0.253 e. The third-order valence-electron chi connectivity index (χ3n) is 5.88. The molecule has 0 atom stereocenters. The second kappa shape index (κ2) is 9.29. The first-order chi connectivity index (χ1) is 18.0. The van der Waals surface area contributed by atoms with E-state index in [1.807, 2.05) is 36.4 Å². The van der Waals surface area contributed by atoms with Crippen molar-refractivity contribution in [1.29, 1.82) is 0 Å². The Hall–Kier alpha value is -4.89. The minimum Gasteiger partial charge on any atom is -0.324 e. The summed E-state index contributed by atoms with van der Waals surface area (Å²) in [6.07, 6.45) is 4.71. The molecule has 2 aromatic carbocycles. The topological polar surface area (TPSA) is 129 Å². The molecular formula is C27H18ClN7O2. The highest BCUT2D eigenvalue weighted by atomic mass is 35.5. The van der Waals surface area contributed by atoms with Gasteiger partial charge in [-0.05, 0) is 30.3 Å². The molecule has 0 saturated heterocycles. The molecule has 0 radical (unpaired) electrons. The summed E-state index contributed by atoms with van der Waals surface area (Å²) in [5.41, 5.74) is 4.65. The van der Waals surface area contributed by atoms with Gasteiger partial charge >= 0.3 is 0 Å². The van der Waals surface area contributed by atoms with Crippen molar-refractivity contribution in [3.05, 3.63) is 100 Å². The highest BCUT2D eigenvalue weighted by Crippen LogP contribution is 2.34. The third-order valence-corrected chi connectivity index (χ3v) is 6.17. The molecule has 0 aliphatic rings. The molecule has 180 valence electrons. The van der Waals surface area contributed by atoms with Gasteiger partial charge in [-0.1, -0.05) is 41.9 Å². The lowest BCUT2D eigenvalue weighted by atomic mass is 10.0. The summed E-state index contributed by atoms with van der Waals surface area (Å²) < 4.78 is 0. The molecule has 0 spiro atoms. The Balaban J connectivity index is 1.47. The van der Waals surface area contributed by atoms with Gasteiger partial charge in [0.1, 0.15) is 5.52 Å². The second-order valence-corrected chi connectivity index (χ2v) is 8.81. The first kappa shape index (κ1) is 22.6. The molecule has 0 unspecified atom stereocenters. The Morgan fingerprint density at radius 3 is 2.59 bits per heavy atom. The lowest BCUT2D eigenvalue weighted by molar-refractivity contribution is -0.115. The van der Waals surface area contributed by atoms with Gasteiger partial charge in [-0.15, -0.1) is 0 Å². The Labute approximate surface area is 214 Å². The van der Waals surface area contributed by atoms with Crippen molar-refractivity contribution in [1.82, 2.24) is 30.1 Å². The normalized spacial score (nSPS) is 11.2. The van der Waals surface area contributed by atoms with Crippen LogP contribution < -0.4 is 10.9 Å². The van der Waals surface area contributed by atoms with E-state index >= 15 is 0 Å². The molecule has 6 aromatic rings. The number of rotatable bonds is 5. The minimum atomic E-state index is -0.405. The lowest BCUT2D eigenvalue weighted by Gasteiger charge is -2.12. The molecular weight excluding hydrogens is 490 g/mol. The number of carbonyl (C=O) groups is 1. The van der Waals surface area contributed by atoms with Gasteiger partial charge in [-0.3, -0.25) is 19.7 Å². The van der Waals surface area contributed by atoms with Crippen LogP contribution in [0, 0.1) is 0 Å². The molecule has 0 aliphatic heterocycles. The minimum absolute atomic E-state index is 0.134. The molecule has 37 heavy (non-hydrogen) atoms. The molecule has 0 fully saturated rings. The predicted octanol–water partition coefficient (Wildman–Crippen LogP) is 4.76. The fourth-order valence-corrected chi connectivity index (χ4v) is 4.42. The van der Waals surface area contributed by atoms with E-state index in [0.717, 1.165) is 22.0 Å². The number of benzene rings is 2. The van der Waals surface area contributed by atoms with E-state index in [0.29, 0.717) is 33.3 Å². The van der Waals surface area contributed by atoms with Crippen molar-refractivity contribution in [2.75, 3.05) is 5.32 Å². The Kier molecular flexibility index (Phi) is 5.66. The Morgan fingerprint density at radius 1 is 0.946 bits per heavy atom. The Morgan fingerprint density at radius 2 is 1.78 bits per heavy atom. The number of nitrogens with one attached hydrogen (secondary N) is 3. The molecule has 9 nitrogen and oxygen atoms in total. The van der Waals surface area contributed by atoms with Crippen LogP contribution in [0.1, 0.15) is 5.56 Å². The monoisotopic (exact) mass is 507 g/mol. The highest BCUT2D eigenvalue weighted by Gasteiger charge is 2.18. The number of hydrogen-bond donors (Lipinski definition) is 3. The van der Waals surface area contributed by atoms with Crippen molar-refractivity contribution < 1.29 is 4.79 Å². The Bertz CT molecular complexity index is 1830. The summed E-state index contributed by atoms with van der Waals surface area (Å²) in [5.74, 6) is -0.343. The highest BCUT2D eigenvalue weighted by molar-refractivity contribution is 6.35. The van der Waals surface area contributed by atoms with Crippen LogP contribution in [-0.2, 0) is 11.2 Å². The lowest BCUT2D eigenvalue weighted by Crippen LogP contribution is -2.21. The summed E-state index contributed by atoms with van der Waals surface area (Å²) in [4.78, 5) is 41.9. The standard InChI is InChI=1S/C27H18ClN7O2/c28-20-10-16(9-18-13-30-35-23(18)20)25-24(15-5-2-1-3-6-15)33-26-21(32-25)11-17(27(37)34-26)12-22(36)31-19-7-4-8-29-14-19/h1-11,13-14H,12H2,(H,30,35)(H,31,36)(H,33,34,37). The van der Waals surface area contributed by atoms with Crippen LogP contribution in [0.5, 0.6) is 0 Å². The van der Waals surface area contributed by atoms with E-state index in [9.17, 15) is 9.59 Å². The molecule has 1 amide bonds. The van der Waals surface area contributed by atoms with Gasteiger partial charge in [-0.2, -0.15) is 5.10 Å². The van der Waals surface area contributed by atoms with E-state index in [2.05, 4.69) is 25.5 Å². The van der Waals surface area contributed by atoms with Gasteiger partial charge in [0.15, 0.2) is 5.65 Å². The number of pyridine rings is 2. The van der Waals surface area contributed by atoms with E-state index in [-0.39, 0.29) is 17.9 Å². The zero-order chi connectivity index (χ0) is 25.4. The second-order valence-electron chi connectivity index (χ2n) is 8.40. The molecule has 0 aliphatic carbocycles. The van der Waals surface area contributed by atoms with Crippen LogP contribution in [0.4, 0.5) is 5.69 Å². The van der Waals surface area contributed by atoms with Crippen molar-refractivity contribution in [3.8, 4) is 22.5 Å². The molecule has 4 heterocycles. The predicted molar refractivity (Wildman–Crippen MR) is 142 cm³/mol. The number of halogens is 1. The summed E-state index contributed by atoms with van der Waals surface area (Å²) in [5, 5.41) is 11.0. The van der Waals surface area contributed by atoms with Gasteiger partial charge in [0.05, 0.1) is 46.4 Å². The van der Waals surface area contributed by atoms with Crippen LogP contribution in [0.2, 0.25) is 5.02 Å². The number of hydrogen-bond acceptors (Lipinski definition) is 6. The number of anilines is 1. The van der Waals surface area contributed by atoms with Crippen molar-refractivity contribution in [2.24, 2.45) is 0 Å². The molecule has 10 heteroatoms. The quantitative estimate of drug-likeness (QED) is 0.308. The van der Waals surface area contributed by atoms with E-state index in [4.69, 9.17) is 21.6 Å². The van der Waals surface area contributed by atoms with Crippen LogP contribution in [0.15, 0.2) is 84.0 Å². The zero-order valence-corrected chi connectivity index (χ0v) is 20.0. The third kappa shape index (κ3) is 4.43. The van der Waals surface area contributed by atoms with Crippen molar-refractivity contribution in [2.45, 2.75) is 6.42 Å². The van der Waals surface area contributed by atoms with E-state index in [1.165, 1.54) is 6.20 Å². The van der Waals surface area contributed by atoms with E-state index in [1.54, 1.807) is 36.7 Å². The van der Waals surface area contributed by atoms with Crippen LogP contribution in [0.25, 0.3) is 44.6 Å². The van der Waals surface area contributed by atoms with Crippen LogP contribution in [0.3, 0.4) is 0 Å². The summed E-state index contributed by atoms with van der Waals surface area (Å²) in [6.45, 7) is 0. The first-order valence-electron chi connectivity index (χ1n) is 11.4. The van der Waals surface area contributed by atoms with Gasteiger partial charge in [0, 0.05) is 28.3 Å².